The molecule has 234 valence electrons. The first kappa shape index (κ1) is 30.4. The lowest BCUT2D eigenvalue weighted by Crippen LogP contribution is -2.35. The van der Waals surface area contributed by atoms with Crippen molar-refractivity contribution in [2.45, 2.75) is 31.9 Å². The second-order valence-electron chi connectivity index (χ2n) is 11.9. The molecule has 3 aliphatic rings. The molecule has 2 aromatic heterocycles. The molecule has 9 heteroatoms. The third-order valence-electron chi connectivity index (χ3n) is 9.13. The molecule has 2 aromatic carbocycles. The number of nitrogens with zero attached hydrogens (tertiary/aromatic N) is 2. The zero-order valence-electron chi connectivity index (χ0n) is 25.1. The van der Waals surface area contributed by atoms with Crippen LogP contribution >= 0.6 is 22.9 Å². The number of benzene rings is 2. The largest absolute Gasteiger partial charge is 0.508 e. The van der Waals surface area contributed by atoms with E-state index in [0.717, 1.165) is 38.6 Å². The lowest BCUT2D eigenvalue weighted by molar-refractivity contribution is -0.140. The van der Waals surface area contributed by atoms with Crippen LogP contribution in [0.2, 0.25) is 5.02 Å². The van der Waals surface area contributed by atoms with Crippen LogP contribution in [0.1, 0.15) is 35.4 Å². The molecule has 4 heterocycles. The number of imide groups is 1. The number of aromatic nitrogens is 1. The molecule has 0 saturated carbocycles. The minimum Gasteiger partial charge on any atom is -0.508 e. The Morgan fingerprint density at radius 2 is 1.89 bits per heavy atom. The summed E-state index contributed by atoms with van der Waals surface area (Å²) in [6.45, 7) is 1.02. The van der Waals surface area contributed by atoms with Crippen LogP contribution in [0, 0.1) is 17.8 Å². The number of hydrogen-bond donors (Lipinski definition) is 1. The maximum Gasteiger partial charge on any atom is 0.234 e. The summed E-state index contributed by atoms with van der Waals surface area (Å²) >= 11 is 8.03. The van der Waals surface area contributed by atoms with Gasteiger partial charge < -0.3 is 14.6 Å². The Kier molecular flexibility index (Phi) is 8.76. The summed E-state index contributed by atoms with van der Waals surface area (Å²) in [6.07, 6.45) is 5.28. The highest BCUT2D eigenvalue weighted by molar-refractivity contribution is 7.09. The summed E-state index contributed by atoms with van der Waals surface area (Å²) < 4.78 is 12.7. The van der Waals surface area contributed by atoms with Gasteiger partial charge in [0.1, 0.15) is 18.1 Å². The summed E-state index contributed by atoms with van der Waals surface area (Å²) in [4.78, 5) is 34.7. The molecule has 2 saturated heterocycles. The zero-order valence-corrected chi connectivity index (χ0v) is 26.6. The number of halogens is 1. The number of fused-ring (bicyclic) bond motifs is 3. The number of amides is 2. The summed E-state index contributed by atoms with van der Waals surface area (Å²) in [5.41, 5.74) is 4.72. The third-order valence-corrected chi connectivity index (χ3v) is 10.3. The molecule has 0 spiro atoms. The van der Waals surface area contributed by atoms with E-state index in [1.54, 1.807) is 29.7 Å². The minimum atomic E-state index is -0.436. The summed E-state index contributed by atoms with van der Waals surface area (Å²) in [5, 5.41) is 12.3. The number of hydrogen-bond acceptors (Lipinski definition) is 7. The number of ether oxygens (including phenoxy) is 2. The monoisotopic (exact) mass is 652 g/mol. The predicted molar refractivity (Wildman–Crippen MR) is 178 cm³/mol. The topological polar surface area (TPSA) is 89.0 Å². The second kappa shape index (κ2) is 13.2. The van der Waals surface area contributed by atoms with E-state index in [4.69, 9.17) is 21.1 Å². The molecule has 1 aliphatic carbocycles. The van der Waals surface area contributed by atoms with Crippen molar-refractivity contribution in [1.82, 2.24) is 9.88 Å². The predicted octanol–water partition coefficient (Wildman–Crippen LogP) is 7.42. The van der Waals surface area contributed by atoms with Crippen LogP contribution in [0.5, 0.6) is 11.5 Å². The van der Waals surface area contributed by atoms with Gasteiger partial charge in [0, 0.05) is 17.0 Å². The molecule has 4 aromatic rings. The van der Waals surface area contributed by atoms with Crippen molar-refractivity contribution >= 4 is 46.4 Å². The highest BCUT2D eigenvalue weighted by Crippen LogP contribution is 2.50. The van der Waals surface area contributed by atoms with E-state index in [1.165, 1.54) is 11.0 Å². The Bertz CT molecular complexity index is 1790. The molecule has 7 nitrogen and oxygen atoms in total. The number of likely N-dealkylation sites (tertiary alicyclic amines) is 1. The lowest BCUT2D eigenvalue weighted by atomic mass is 9.69. The van der Waals surface area contributed by atoms with Crippen LogP contribution in [-0.2, 0) is 20.9 Å². The molecule has 0 unspecified atom stereocenters. The summed E-state index contributed by atoms with van der Waals surface area (Å²) in [7, 11) is 0. The Morgan fingerprint density at radius 1 is 1.04 bits per heavy atom. The molecule has 1 N–H and O–H groups in total. The Hall–Kier alpha value is -4.24. The van der Waals surface area contributed by atoms with Gasteiger partial charge in [-0.3, -0.25) is 19.5 Å². The standard InChI is InChI=1S/C37H33ClN2O5S/c38-31-19-26(41)13-11-23(31)17-24(32-10-4-5-15-39-32)12-14-33-34-25(21-44-27-7-2-1-3-8-27)18-29-35(30(34)22-45-33)37(43)40(36(29)42)20-28-9-6-16-46-28/h1-11,13,15-17,19,29-30,33,35,41H,12,14,18,20-22H2/b24-17-/t29-,30+,33-,35-/m1/s1. The number of para-hydroxylation sites is 1. The number of aromatic hydroxyl groups is 1. The van der Waals surface area contributed by atoms with Crippen molar-refractivity contribution in [2.24, 2.45) is 17.8 Å². The number of allylic oxidation sites excluding steroid dienone is 1. The number of phenolic OH excluding ortho intramolecular Hbond substituents is 1. The molecule has 4 atom stereocenters. The van der Waals surface area contributed by atoms with Gasteiger partial charge in [-0.1, -0.05) is 41.9 Å². The van der Waals surface area contributed by atoms with Gasteiger partial charge in [0.05, 0.1) is 41.8 Å². The van der Waals surface area contributed by atoms with Gasteiger partial charge >= 0.3 is 0 Å². The third kappa shape index (κ3) is 6.12. The van der Waals surface area contributed by atoms with Gasteiger partial charge in [0.25, 0.3) is 0 Å². The van der Waals surface area contributed by atoms with Crippen LogP contribution in [0.15, 0.2) is 102 Å². The van der Waals surface area contributed by atoms with E-state index >= 15 is 0 Å². The maximum absolute atomic E-state index is 13.9. The zero-order chi connectivity index (χ0) is 31.6. The van der Waals surface area contributed by atoms with E-state index in [-0.39, 0.29) is 29.6 Å². The van der Waals surface area contributed by atoms with Crippen molar-refractivity contribution in [1.29, 1.82) is 0 Å². The van der Waals surface area contributed by atoms with Crippen LogP contribution in [0.4, 0.5) is 0 Å². The average molecular weight is 653 g/mol. The van der Waals surface area contributed by atoms with Crippen molar-refractivity contribution in [2.75, 3.05) is 13.2 Å². The fraction of sp³-hybridized carbons (Fsp3) is 0.270. The molecule has 0 radical (unpaired) electrons. The van der Waals surface area contributed by atoms with Gasteiger partial charge in [0.2, 0.25) is 11.8 Å². The second-order valence-corrected chi connectivity index (χ2v) is 13.3. The fourth-order valence-corrected chi connectivity index (χ4v) is 7.93. The number of carbonyl (C=O) groups excluding carboxylic acids is 2. The number of rotatable bonds is 10. The molecule has 2 fully saturated rings. The van der Waals surface area contributed by atoms with Crippen LogP contribution in [0.3, 0.4) is 0 Å². The number of pyridine rings is 1. The normalized spacial score (nSPS) is 22.7. The average Bonchev–Trinajstić information content (AvgIpc) is 3.80. The maximum atomic E-state index is 13.9. The van der Waals surface area contributed by atoms with E-state index < -0.39 is 11.8 Å². The van der Waals surface area contributed by atoms with Gasteiger partial charge in [-0.2, -0.15) is 0 Å². The van der Waals surface area contributed by atoms with Crippen molar-refractivity contribution in [3.05, 3.63) is 123 Å². The minimum absolute atomic E-state index is 0.103. The van der Waals surface area contributed by atoms with Crippen molar-refractivity contribution in [3.8, 4) is 11.5 Å². The van der Waals surface area contributed by atoms with Gasteiger partial charge in [-0.05, 0) is 102 Å². The Morgan fingerprint density at radius 3 is 2.65 bits per heavy atom. The molecule has 2 aliphatic heterocycles. The summed E-state index contributed by atoms with van der Waals surface area (Å²) in [5.74, 6) is -0.383. The lowest BCUT2D eigenvalue weighted by Gasteiger charge is -2.31. The van der Waals surface area contributed by atoms with Crippen molar-refractivity contribution < 1.29 is 24.2 Å². The Balaban J connectivity index is 1.19. The first-order chi connectivity index (χ1) is 22.5. The summed E-state index contributed by atoms with van der Waals surface area (Å²) in [6, 6.07) is 24.3. The first-order valence-corrected chi connectivity index (χ1v) is 16.7. The number of thiophene rings is 1. The molecular weight excluding hydrogens is 620 g/mol. The Labute approximate surface area is 276 Å². The fourth-order valence-electron chi connectivity index (χ4n) is 7.01. The van der Waals surface area contributed by atoms with Gasteiger partial charge in [-0.15, -0.1) is 11.3 Å². The van der Waals surface area contributed by atoms with Crippen LogP contribution in [0.25, 0.3) is 11.6 Å². The van der Waals surface area contributed by atoms with Crippen LogP contribution in [-0.4, -0.2) is 46.1 Å². The van der Waals surface area contributed by atoms with E-state index in [0.29, 0.717) is 44.0 Å². The quantitative estimate of drug-likeness (QED) is 0.142. The smallest absolute Gasteiger partial charge is 0.234 e. The highest BCUT2D eigenvalue weighted by Gasteiger charge is 2.57. The van der Waals surface area contributed by atoms with E-state index in [9.17, 15) is 14.7 Å². The highest BCUT2D eigenvalue weighted by atomic mass is 35.5. The number of phenols is 1. The van der Waals surface area contributed by atoms with Gasteiger partial charge in [0.15, 0.2) is 0 Å². The van der Waals surface area contributed by atoms with Crippen LogP contribution < -0.4 is 4.74 Å². The molecular formula is C37H33ClN2O5S. The van der Waals surface area contributed by atoms with Gasteiger partial charge in [-0.25, -0.2) is 0 Å². The number of carbonyl (C=O) groups is 2. The SMILES string of the molecule is O=C1[C@@H]2[C@@H](CC(COc3ccccc3)=C3[C@@H](CC/C(=C/c4ccc(O)cc4Cl)c4ccccn4)OC[C@@H]32)C(=O)N1Cc1cccs1. The molecule has 0 bridgehead atoms. The molecule has 2 amide bonds. The molecule has 46 heavy (non-hydrogen) atoms. The van der Waals surface area contributed by atoms with Crippen molar-refractivity contribution in [3.63, 3.8) is 0 Å². The first-order valence-electron chi connectivity index (χ1n) is 15.5. The van der Waals surface area contributed by atoms with E-state index in [2.05, 4.69) is 4.98 Å². The van der Waals surface area contributed by atoms with E-state index in [1.807, 2.05) is 72.1 Å². The molecule has 7 rings (SSSR count).